The number of anilines is 1. The van der Waals surface area contributed by atoms with Crippen LogP contribution < -0.4 is 14.8 Å². The summed E-state index contributed by atoms with van der Waals surface area (Å²) in [5.74, 6) is 0.610. The summed E-state index contributed by atoms with van der Waals surface area (Å²) in [6.45, 7) is 0.882. The molecular weight excluding hydrogens is 533 g/mol. The van der Waals surface area contributed by atoms with Crippen molar-refractivity contribution >= 4 is 38.2 Å². The fourth-order valence-corrected chi connectivity index (χ4v) is 4.81. The van der Waals surface area contributed by atoms with Crippen molar-refractivity contribution in [1.29, 1.82) is 0 Å². The molecule has 0 amide bonds. The van der Waals surface area contributed by atoms with Crippen LogP contribution in [0.25, 0.3) is 10.9 Å². The minimum absolute atomic E-state index is 0.103. The van der Waals surface area contributed by atoms with Crippen molar-refractivity contribution in [3.63, 3.8) is 0 Å². The number of aromatic nitrogens is 2. The Labute approximate surface area is 215 Å². The number of sulfonamides is 1. The van der Waals surface area contributed by atoms with Crippen molar-refractivity contribution in [1.82, 2.24) is 15.5 Å². The minimum atomic E-state index is -4.67. The number of aromatic amines is 1. The Balaban J connectivity index is 1.30. The maximum absolute atomic E-state index is 13.0. The van der Waals surface area contributed by atoms with E-state index in [9.17, 15) is 26.7 Å². The van der Waals surface area contributed by atoms with Crippen LogP contribution in [0.5, 0.6) is 5.75 Å². The minimum Gasteiger partial charge on any atom is -0.492 e. The van der Waals surface area contributed by atoms with Crippen LogP contribution >= 0.6 is 11.6 Å². The first-order chi connectivity index (χ1) is 17.5. The lowest BCUT2D eigenvalue weighted by Crippen LogP contribution is -2.26. The van der Waals surface area contributed by atoms with Crippen LogP contribution in [0.2, 0.25) is 5.15 Å². The van der Waals surface area contributed by atoms with Crippen molar-refractivity contribution < 1.29 is 31.4 Å². The summed E-state index contributed by atoms with van der Waals surface area (Å²) in [6.07, 6.45) is -5.64. The van der Waals surface area contributed by atoms with Gasteiger partial charge in [0.2, 0.25) is 0 Å². The second kappa shape index (κ2) is 11.0. The van der Waals surface area contributed by atoms with Gasteiger partial charge >= 0.3 is 6.18 Å². The molecule has 4 N–H and O–H groups in total. The number of halogens is 4. The SMILES string of the molecule is O=S(=O)(Nc1cccc([C@@H](O)CNCCOc2ccc3c(Cl)[nH]nc3c2)c1)c1cccc(C(F)(F)F)c1. The zero-order valence-corrected chi connectivity index (χ0v) is 20.7. The van der Waals surface area contributed by atoms with E-state index < -0.39 is 32.8 Å². The number of nitrogens with zero attached hydrogens (tertiary/aromatic N) is 1. The first-order valence-electron chi connectivity index (χ1n) is 11.0. The summed E-state index contributed by atoms with van der Waals surface area (Å²) < 4.78 is 72.0. The van der Waals surface area contributed by atoms with E-state index in [1.165, 1.54) is 18.2 Å². The van der Waals surface area contributed by atoms with Gasteiger partial charge in [-0.3, -0.25) is 9.82 Å². The molecule has 13 heteroatoms. The molecule has 0 aliphatic carbocycles. The van der Waals surface area contributed by atoms with Crippen molar-refractivity contribution in [2.24, 2.45) is 0 Å². The maximum Gasteiger partial charge on any atom is 0.416 e. The van der Waals surface area contributed by atoms with Crippen LogP contribution in [-0.4, -0.2) is 43.4 Å². The molecule has 0 bridgehead atoms. The molecule has 0 saturated heterocycles. The lowest BCUT2D eigenvalue weighted by molar-refractivity contribution is -0.137. The number of fused-ring (bicyclic) bond motifs is 1. The number of hydrogen-bond donors (Lipinski definition) is 4. The molecular formula is C24H22ClF3N4O4S. The molecule has 0 unspecified atom stereocenters. The average Bonchev–Trinajstić information content (AvgIpc) is 3.23. The molecule has 196 valence electrons. The van der Waals surface area contributed by atoms with Gasteiger partial charge < -0.3 is 15.2 Å². The summed E-state index contributed by atoms with van der Waals surface area (Å²) in [7, 11) is -4.28. The van der Waals surface area contributed by atoms with Crippen LogP contribution in [-0.2, 0) is 16.2 Å². The highest BCUT2D eigenvalue weighted by molar-refractivity contribution is 7.92. The van der Waals surface area contributed by atoms with Crippen LogP contribution in [0.1, 0.15) is 17.2 Å². The number of aliphatic hydroxyl groups is 1. The molecule has 0 saturated carbocycles. The number of aliphatic hydroxyl groups excluding tert-OH is 1. The Morgan fingerprint density at radius 2 is 1.86 bits per heavy atom. The quantitative estimate of drug-likeness (QED) is 0.210. The zero-order valence-electron chi connectivity index (χ0n) is 19.1. The molecule has 1 atom stereocenters. The van der Waals surface area contributed by atoms with Crippen LogP contribution in [0.4, 0.5) is 18.9 Å². The molecule has 4 rings (SSSR count). The van der Waals surface area contributed by atoms with E-state index in [-0.39, 0.29) is 12.2 Å². The lowest BCUT2D eigenvalue weighted by atomic mass is 10.1. The fraction of sp³-hybridized carbons (Fsp3) is 0.208. The normalized spacial score (nSPS) is 13.0. The molecule has 0 spiro atoms. The van der Waals surface area contributed by atoms with E-state index in [2.05, 4.69) is 20.2 Å². The Kier molecular flexibility index (Phi) is 7.93. The third-order valence-electron chi connectivity index (χ3n) is 5.36. The van der Waals surface area contributed by atoms with Gasteiger partial charge in [-0.25, -0.2) is 8.42 Å². The monoisotopic (exact) mass is 554 g/mol. The van der Waals surface area contributed by atoms with Crippen molar-refractivity contribution in [3.05, 3.63) is 83.0 Å². The molecule has 8 nitrogen and oxygen atoms in total. The molecule has 1 heterocycles. The number of nitrogens with one attached hydrogen (secondary N) is 3. The molecule has 3 aromatic carbocycles. The number of benzene rings is 3. The number of hydrogen-bond acceptors (Lipinski definition) is 6. The van der Waals surface area contributed by atoms with Crippen molar-refractivity contribution in [2.75, 3.05) is 24.4 Å². The second-order valence-corrected chi connectivity index (χ2v) is 10.1. The highest BCUT2D eigenvalue weighted by Crippen LogP contribution is 2.31. The van der Waals surface area contributed by atoms with E-state index in [1.54, 1.807) is 24.3 Å². The van der Waals surface area contributed by atoms with E-state index in [0.29, 0.717) is 41.2 Å². The maximum atomic E-state index is 13.0. The third-order valence-corrected chi connectivity index (χ3v) is 7.03. The molecule has 4 aromatic rings. The van der Waals surface area contributed by atoms with E-state index in [1.807, 2.05) is 0 Å². The summed E-state index contributed by atoms with van der Waals surface area (Å²) in [5, 5.41) is 21.5. The van der Waals surface area contributed by atoms with Gasteiger partial charge in [0.1, 0.15) is 17.5 Å². The van der Waals surface area contributed by atoms with Crippen molar-refractivity contribution in [2.45, 2.75) is 17.2 Å². The van der Waals surface area contributed by atoms with Crippen LogP contribution in [0.15, 0.2) is 71.6 Å². The van der Waals surface area contributed by atoms with Crippen molar-refractivity contribution in [3.8, 4) is 5.75 Å². The number of alkyl halides is 3. The van der Waals surface area contributed by atoms with Gasteiger partial charge in [-0.15, -0.1) is 0 Å². The molecule has 0 aliphatic rings. The Morgan fingerprint density at radius 3 is 2.65 bits per heavy atom. The first-order valence-corrected chi connectivity index (χ1v) is 12.8. The fourth-order valence-electron chi connectivity index (χ4n) is 3.51. The second-order valence-electron chi connectivity index (χ2n) is 8.04. The van der Waals surface area contributed by atoms with Crippen LogP contribution in [0.3, 0.4) is 0 Å². The molecule has 0 radical (unpaired) electrons. The van der Waals surface area contributed by atoms with Gasteiger partial charge in [-0.1, -0.05) is 29.8 Å². The third kappa shape index (κ3) is 6.72. The first kappa shape index (κ1) is 26.7. The molecule has 37 heavy (non-hydrogen) atoms. The standard InChI is InChI=1S/C24H22ClF3N4O4S/c25-23-20-8-7-18(13-21(20)30-31-23)36-10-9-29-14-22(33)15-3-1-5-17(11-15)32-37(34,35)19-6-2-4-16(12-19)24(26,27)28/h1-8,11-13,22,29,32-33H,9-10,14H2,(H,30,31)/t22-/m0/s1. The van der Waals surface area contributed by atoms with E-state index >= 15 is 0 Å². The highest BCUT2D eigenvalue weighted by atomic mass is 35.5. The van der Waals surface area contributed by atoms with E-state index in [0.717, 1.165) is 23.6 Å². The highest BCUT2D eigenvalue weighted by Gasteiger charge is 2.31. The summed E-state index contributed by atoms with van der Waals surface area (Å²) in [5.41, 5.74) is 0.125. The van der Waals surface area contributed by atoms with Gasteiger partial charge in [-0.2, -0.15) is 18.3 Å². The summed E-state index contributed by atoms with van der Waals surface area (Å²) >= 11 is 5.98. The van der Waals surface area contributed by atoms with Gasteiger partial charge in [0.25, 0.3) is 10.0 Å². The predicted octanol–water partition coefficient (Wildman–Crippen LogP) is 4.74. The summed E-state index contributed by atoms with van der Waals surface area (Å²) in [4.78, 5) is -0.524. The lowest BCUT2D eigenvalue weighted by Gasteiger charge is -2.15. The zero-order chi connectivity index (χ0) is 26.6. The largest absolute Gasteiger partial charge is 0.492 e. The number of ether oxygens (including phenoxy) is 1. The number of rotatable bonds is 10. The smallest absolute Gasteiger partial charge is 0.416 e. The molecule has 0 aliphatic heterocycles. The Morgan fingerprint density at radius 1 is 1.08 bits per heavy atom. The summed E-state index contributed by atoms with van der Waals surface area (Å²) in [6, 6.07) is 14.8. The van der Waals surface area contributed by atoms with Gasteiger partial charge in [0.15, 0.2) is 0 Å². The molecule has 1 aromatic heterocycles. The van der Waals surface area contributed by atoms with Gasteiger partial charge in [0, 0.05) is 30.2 Å². The molecule has 0 fully saturated rings. The van der Waals surface area contributed by atoms with Crippen LogP contribution in [0, 0.1) is 0 Å². The van der Waals surface area contributed by atoms with Gasteiger partial charge in [0.05, 0.1) is 22.1 Å². The van der Waals surface area contributed by atoms with E-state index in [4.69, 9.17) is 16.3 Å². The predicted molar refractivity (Wildman–Crippen MR) is 133 cm³/mol. The Hall–Kier alpha value is -3.32. The number of H-pyrrole nitrogens is 1. The van der Waals surface area contributed by atoms with Gasteiger partial charge in [-0.05, 0) is 48.0 Å². The topological polar surface area (TPSA) is 116 Å². The Bertz CT molecular complexity index is 1490. The average molecular weight is 555 g/mol.